The standard InChI is InChI=1S/C16H17NS/c1-14(16-11-7-4-8-12-16)17(2)18-13-15-9-5-3-6-10-15/h3-12H,1,13H2,2H3. The minimum Gasteiger partial charge on any atom is -0.319 e. The van der Waals surface area contributed by atoms with E-state index >= 15 is 0 Å². The first-order valence-electron chi connectivity index (χ1n) is 5.92. The fourth-order valence-corrected chi connectivity index (χ4v) is 2.43. The van der Waals surface area contributed by atoms with E-state index in [9.17, 15) is 0 Å². The molecular formula is C16H17NS. The first kappa shape index (κ1) is 12.8. The maximum absolute atomic E-state index is 4.14. The second-order valence-electron chi connectivity index (χ2n) is 4.07. The number of benzene rings is 2. The van der Waals surface area contributed by atoms with Gasteiger partial charge in [-0.2, -0.15) is 0 Å². The van der Waals surface area contributed by atoms with Crippen molar-refractivity contribution in [2.75, 3.05) is 7.05 Å². The van der Waals surface area contributed by atoms with E-state index in [1.54, 1.807) is 11.9 Å². The summed E-state index contributed by atoms with van der Waals surface area (Å²) in [5.41, 5.74) is 3.53. The molecule has 0 aliphatic heterocycles. The van der Waals surface area contributed by atoms with Crippen molar-refractivity contribution in [3.05, 3.63) is 78.4 Å². The van der Waals surface area contributed by atoms with E-state index in [2.05, 4.69) is 54.3 Å². The molecule has 0 heterocycles. The molecule has 0 amide bonds. The first-order chi connectivity index (χ1) is 8.77. The Labute approximate surface area is 113 Å². The van der Waals surface area contributed by atoms with Crippen LogP contribution in [0.4, 0.5) is 0 Å². The summed E-state index contributed by atoms with van der Waals surface area (Å²) in [7, 11) is 2.06. The van der Waals surface area contributed by atoms with Crippen molar-refractivity contribution in [2.24, 2.45) is 0 Å². The monoisotopic (exact) mass is 255 g/mol. The summed E-state index contributed by atoms with van der Waals surface area (Å²) in [5.74, 6) is 0.962. The van der Waals surface area contributed by atoms with Gasteiger partial charge in [0.05, 0.1) is 0 Å². The molecule has 1 nitrogen and oxygen atoms in total. The molecule has 2 heteroatoms. The van der Waals surface area contributed by atoms with Gasteiger partial charge < -0.3 is 4.31 Å². The van der Waals surface area contributed by atoms with Gasteiger partial charge in [0.15, 0.2) is 0 Å². The zero-order chi connectivity index (χ0) is 12.8. The first-order valence-corrected chi connectivity index (χ1v) is 6.86. The highest BCUT2D eigenvalue weighted by molar-refractivity contribution is 7.96. The minimum atomic E-state index is 0.962. The molecule has 0 unspecified atom stereocenters. The second kappa shape index (κ2) is 6.31. The van der Waals surface area contributed by atoms with E-state index in [1.165, 1.54) is 11.1 Å². The largest absolute Gasteiger partial charge is 0.319 e. The lowest BCUT2D eigenvalue weighted by Crippen LogP contribution is -2.07. The third kappa shape index (κ3) is 3.41. The average Bonchev–Trinajstić information content (AvgIpc) is 2.46. The molecule has 0 radical (unpaired) electrons. The molecule has 0 atom stereocenters. The molecule has 2 rings (SSSR count). The summed E-state index contributed by atoms with van der Waals surface area (Å²) in [6, 6.07) is 20.7. The van der Waals surface area contributed by atoms with Gasteiger partial charge in [-0.05, 0) is 23.1 Å². The van der Waals surface area contributed by atoms with Crippen molar-refractivity contribution in [2.45, 2.75) is 5.75 Å². The zero-order valence-electron chi connectivity index (χ0n) is 10.5. The quantitative estimate of drug-likeness (QED) is 0.727. The van der Waals surface area contributed by atoms with Crippen molar-refractivity contribution in [1.82, 2.24) is 4.31 Å². The maximum Gasteiger partial charge on any atom is 0.0467 e. The molecule has 2 aromatic carbocycles. The molecule has 0 bridgehead atoms. The van der Waals surface area contributed by atoms with Crippen LogP contribution in [0.15, 0.2) is 67.2 Å². The fraction of sp³-hybridized carbons (Fsp3) is 0.125. The Balaban J connectivity index is 1.93. The van der Waals surface area contributed by atoms with Crippen molar-refractivity contribution >= 4 is 17.6 Å². The lowest BCUT2D eigenvalue weighted by atomic mass is 10.2. The Morgan fingerprint density at radius 3 is 2.17 bits per heavy atom. The predicted molar refractivity (Wildman–Crippen MR) is 81.0 cm³/mol. The van der Waals surface area contributed by atoms with Crippen LogP contribution < -0.4 is 0 Å². The number of hydrogen-bond acceptors (Lipinski definition) is 2. The maximum atomic E-state index is 4.14. The van der Waals surface area contributed by atoms with Gasteiger partial charge in [-0.3, -0.25) is 0 Å². The van der Waals surface area contributed by atoms with E-state index in [1.807, 2.05) is 24.3 Å². The van der Waals surface area contributed by atoms with E-state index in [0.717, 1.165) is 11.4 Å². The van der Waals surface area contributed by atoms with E-state index < -0.39 is 0 Å². The summed E-state index contributed by atoms with van der Waals surface area (Å²) in [6.07, 6.45) is 0. The summed E-state index contributed by atoms with van der Waals surface area (Å²) in [4.78, 5) is 0. The van der Waals surface area contributed by atoms with Crippen molar-refractivity contribution in [3.8, 4) is 0 Å². The van der Waals surface area contributed by atoms with Gasteiger partial charge in [-0.15, -0.1) is 0 Å². The number of nitrogens with zero attached hydrogens (tertiary/aromatic N) is 1. The van der Waals surface area contributed by atoms with Gasteiger partial charge in [0.25, 0.3) is 0 Å². The smallest absolute Gasteiger partial charge is 0.0467 e. The summed E-state index contributed by atoms with van der Waals surface area (Å²) < 4.78 is 2.13. The Kier molecular flexibility index (Phi) is 4.48. The molecule has 0 aliphatic carbocycles. The predicted octanol–water partition coefficient (Wildman–Crippen LogP) is 4.44. The Hall–Kier alpha value is -1.67. The highest BCUT2D eigenvalue weighted by Crippen LogP contribution is 2.24. The van der Waals surface area contributed by atoms with Crippen LogP contribution in [0.2, 0.25) is 0 Å². The van der Waals surface area contributed by atoms with Gasteiger partial charge in [0, 0.05) is 18.5 Å². The fourth-order valence-electron chi connectivity index (χ4n) is 1.64. The third-order valence-corrected chi connectivity index (χ3v) is 3.82. The van der Waals surface area contributed by atoms with Gasteiger partial charge in [-0.1, -0.05) is 67.2 Å². The SMILES string of the molecule is C=C(c1ccccc1)N(C)SCc1ccccc1. The normalized spacial score (nSPS) is 10.1. The molecule has 0 fully saturated rings. The summed E-state index contributed by atoms with van der Waals surface area (Å²) in [5, 5.41) is 0. The highest BCUT2D eigenvalue weighted by Gasteiger charge is 2.05. The summed E-state index contributed by atoms with van der Waals surface area (Å²) in [6.45, 7) is 4.14. The van der Waals surface area contributed by atoms with Crippen molar-refractivity contribution in [1.29, 1.82) is 0 Å². The molecule has 0 saturated carbocycles. The van der Waals surface area contributed by atoms with Gasteiger partial charge >= 0.3 is 0 Å². The Morgan fingerprint density at radius 1 is 1.00 bits per heavy atom. The topological polar surface area (TPSA) is 3.24 Å². The van der Waals surface area contributed by atoms with Crippen LogP contribution in [-0.4, -0.2) is 11.4 Å². The van der Waals surface area contributed by atoms with Crippen LogP contribution in [0, 0.1) is 0 Å². The van der Waals surface area contributed by atoms with Crippen LogP contribution in [0.5, 0.6) is 0 Å². The zero-order valence-corrected chi connectivity index (χ0v) is 11.4. The van der Waals surface area contributed by atoms with E-state index in [4.69, 9.17) is 0 Å². The Bertz CT molecular complexity index is 493. The highest BCUT2D eigenvalue weighted by atomic mass is 32.2. The molecule has 92 valence electrons. The second-order valence-corrected chi connectivity index (χ2v) is 5.16. The van der Waals surface area contributed by atoms with Crippen LogP contribution >= 0.6 is 11.9 Å². The van der Waals surface area contributed by atoms with E-state index in [0.29, 0.717) is 0 Å². The summed E-state index contributed by atoms with van der Waals surface area (Å²) >= 11 is 1.77. The molecule has 0 aliphatic rings. The molecule has 0 saturated heterocycles. The van der Waals surface area contributed by atoms with Gasteiger partial charge in [0.1, 0.15) is 0 Å². The molecular weight excluding hydrogens is 238 g/mol. The van der Waals surface area contributed by atoms with Crippen LogP contribution in [-0.2, 0) is 5.75 Å². The molecule has 0 N–H and O–H groups in total. The average molecular weight is 255 g/mol. The number of hydrogen-bond donors (Lipinski definition) is 0. The van der Waals surface area contributed by atoms with Crippen molar-refractivity contribution < 1.29 is 0 Å². The van der Waals surface area contributed by atoms with Crippen LogP contribution in [0.3, 0.4) is 0 Å². The lowest BCUT2D eigenvalue weighted by Gasteiger charge is -2.20. The Morgan fingerprint density at radius 2 is 1.56 bits per heavy atom. The van der Waals surface area contributed by atoms with Crippen LogP contribution in [0.1, 0.15) is 11.1 Å². The molecule has 0 spiro atoms. The molecule has 2 aromatic rings. The van der Waals surface area contributed by atoms with Gasteiger partial charge in [0.2, 0.25) is 0 Å². The van der Waals surface area contributed by atoms with Crippen LogP contribution in [0.25, 0.3) is 5.70 Å². The molecule has 0 aromatic heterocycles. The lowest BCUT2D eigenvalue weighted by molar-refractivity contribution is 0.806. The van der Waals surface area contributed by atoms with Gasteiger partial charge in [-0.25, -0.2) is 0 Å². The third-order valence-electron chi connectivity index (χ3n) is 2.75. The van der Waals surface area contributed by atoms with E-state index in [-0.39, 0.29) is 0 Å². The minimum absolute atomic E-state index is 0.962. The number of rotatable bonds is 5. The van der Waals surface area contributed by atoms with Crippen molar-refractivity contribution in [3.63, 3.8) is 0 Å². The molecule has 18 heavy (non-hydrogen) atoms.